The van der Waals surface area contributed by atoms with Gasteiger partial charge in [0, 0.05) is 6.92 Å². The minimum Gasteiger partial charge on any atom is -0.358 e. The third-order valence-electron chi connectivity index (χ3n) is 3.93. The Morgan fingerprint density at radius 2 is 2.27 bits per heavy atom. The molecule has 0 fully saturated rings. The zero-order valence-corrected chi connectivity index (χ0v) is 12.2. The Bertz CT molecular complexity index is 738. The average molecular weight is 300 g/mol. The second kappa shape index (κ2) is 5.59. The van der Waals surface area contributed by atoms with Crippen molar-refractivity contribution in [2.45, 2.75) is 32.4 Å². The molecule has 0 aliphatic heterocycles. The van der Waals surface area contributed by atoms with Gasteiger partial charge in [0.15, 0.2) is 0 Å². The van der Waals surface area contributed by atoms with Gasteiger partial charge in [0.05, 0.1) is 6.04 Å². The topological polar surface area (TPSA) is 90.1 Å². The summed E-state index contributed by atoms with van der Waals surface area (Å²) in [6.07, 6.45) is 3.13. The van der Waals surface area contributed by atoms with Gasteiger partial charge in [-0.15, -0.1) is 0 Å². The molecule has 1 heterocycles. The van der Waals surface area contributed by atoms with Crippen molar-refractivity contribution in [1.82, 2.24) is 14.9 Å². The van der Waals surface area contributed by atoms with Gasteiger partial charge < -0.3 is 15.4 Å². The van der Waals surface area contributed by atoms with Gasteiger partial charge in [-0.2, -0.15) is 0 Å². The molecule has 0 unspecified atom stereocenters. The minimum atomic E-state index is -0.561. The summed E-state index contributed by atoms with van der Waals surface area (Å²) in [5, 5.41) is 13.7. The zero-order chi connectivity index (χ0) is 15.7. The van der Waals surface area contributed by atoms with Gasteiger partial charge in [-0.1, -0.05) is 24.3 Å². The van der Waals surface area contributed by atoms with Crippen LogP contribution >= 0.6 is 0 Å². The van der Waals surface area contributed by atoms with Crippen LogP contribution in [0.5, 0.6) is 0 Å². The molecular weight excluding hydrogens is 284 g/mol. The standard InChI is InChI=1S/C15H16N4O3/c1-10-16-14(19(21)22)8-18(10)9-15(20)17-13-7-6-11-4-2-3-5-12(11)13/h2-5,8,13H,6-7,9H2,1H3,(H,17,20)/t13-/m0/s1. The van der Waals surface area contributed by atoms with Crippen molar-refractivity contribution in [3.05, 3.63) is 57.5 Å². The Morgan fingerprint density at radius 3 is 3.00 bits per heavy atom. The number of benzene rings is 1. The lowest BCUT2D eigenvalue weighted by Crippen LogP contribution is -2.30. The number of nitro groups is 1. The number of amides is 1. The summed E-state index contributed by atoms with van der Waals surface area (Å²) >= 11 is 0. The first kappa shape index (κ1) is 14.2. The van der Waals surface area contributed by atoms with Crippen LogP contribution in [0.2, 0.25) is 0 Å². The van der Waals surface area contributed by atoms with E-state index in [1.54, 1.807) is 6.92 Å². The molecule has 1 atom stereocenters. The van der Waals surface area contributed by atoms with E-state index in [0.717, 1.165) is 18.4 Å². The van der Waals surface area contributed by atoms with Crippen molar-refractivity contribution in [2.24, 2.45) is 0 Å². The smallest absolute Gasteiger partial charge is 0.358 e. The van der Waals surface area contributed by atoms with Crippen LogP contribution in [-0.2, 0) is 17.8 Å². The van der Waals surface area contributed by atoms with Crippen LogP contribution in [0, 0.1) is 17.0 Å². The number of nitrogens with zero attached hydrogens (tertiary/aromatic N) is 3. The van der Waals surface area contributed by atoms with Crippen LogP contribution in [0.4, 0.5) is 5.82 Å². The fourth-order valence-corrected chi connectivity index (χ4v) is 2.84. The largest absolute Gasteiger partial charge is 0.381 e. The van der Waals surface area contributed by atoms with Crippen LogP contribution in [-0.4, -0.2) is 20.4 Å². The third kappa shape index (κ3) is 2.69. The number of rotatable bonds is 4. The molecule has 1 aliphatic rings. The van der Waals surface area contributed by atoms with Gasteiger partial charge in [0.1, 0.15) is 12.7 Å². The molecule has 114 valence electrons. The first-order chi connectivity index (χ1) is 10.5. The normalized spacial score (nSPS) is 16.3. The minimum absolute atomic E-state index is 0.0162. The quantitative estimate of drug-likeness (QED) is 0.689. The Morgan fingerprint density at radius 1 is 1.50 bits per heavy atom. The molecule has 1 aromatic heterocycles. The molecule has 3 rings (SSSR count). The van der Waals surface area contributed by atoms with E-state index in [0.29, 0.717) is 5.82 Å². The van der Waals surface area contributed by atoms with Crippen molar-refractivity contribution in [1.29, 1.82) is 0 Å². The maximum absolute atomic E-state index is 12.2. The third-order valence-corrected chi connectivity index (χ3v) is 3.93. The van der Waals surface area contributed by atoms with E-state index >= 15 is 0 Å². The second-order valence-electron chi connectivity index (χ2n) is 5.39. The first-order valence-electron chi connectivity index (χ1n) is 7.10. The van der Waals surface area contributed by atoms with Gasteiger partial charge >= 0.3 is 5.82 Å². The Kier molecular flexibility index (Phi) is 3.62. The van der Waals surface area contributed by atoms with Gasteiger partial charge in [-0.05, 0) is 33.9 Å². The fraction of sp³-hybridized carbons (Fsp3) is 0.333. The van der Waals surface area contributed by atoms with Crippen molar-refractivity contribution in [3.8, 4) is 0 Å². The SMILES string of the molecule is Cc1nc([N+](=O)[O-])cn1CC(=O)N[C@H]1CCc2ccccc21. The van der Waals surface area contributed by atoms with E-state index in [1.165, 1.54) is 16.3 Å². The molecule has 0 bridgehead atoms. The first-order valence-corrected chi connectivity index (χ1v) is 7.10. The molecule has 7 nitrogen and oxygen atoms in total. The molecule has 1 N–H and O–H groups in total. The summed E-state index contributed by atoms with van der Waals surface area (Å²) in [7, 11) is 0. The molecule has 0 saturated heterocycles. The highest BCUT2D eigenvalue weighted by molar-refractivity contribution is 5.76. The zero-order valence-electron chi connectivity index (χ0n) is 12.2. The highest BCUT2D eigenvalue weighted by atomic mass is 16.6. The number of carbonyl (C=O) groups is 1. The van der Waals surface area contributed by atoms with E-state index in [1.807, 2.05) is 18.2 Å². The molecular formula is C15H16N4O3. The highest BCUT2D eigenvalue weighted by Gasteiger charge is 2.24. The maximum Gasteiger partial charge on any atom is 0.381 e. The Labute approximate surface area is 127 Å². The van der Waals surface area contributed by atoms with Crippen molar-refractivity contribution < 1.29 is 9.72 Å². The second-order valence-corrected chi connectivity index (χ2v) is 5.39. The highest BCUT2D eigenvalue weighted by Crippen LogP contribution is 2.30. The van der Waals surface area contributed by atoms with Crippen LogP contribution in [0.15, 0.2) is 30.5 Å². The fourth-order valence-electron chi connectivity index (χ4n) is 2.84. The number of imidazole rings is 1. The summed E-state index contributed by atoms with van der Waals surface area (Å²) in [4.78, 5) is 26.1. The number of nitrogens with one attached hydrogen (secondary N) is 1. The van der Waals surface area contributed by atoms with E-state index in [-0.39, 0.29) is 24.3 Å². The van der Waals surface area contributed by atoms with Crippen molar-refractivity contribution in [2.75, 3.05) is 0 Å². The Hall–Kier alpha value is -2.70. The molecule has 7 heteroatoms. The summed E-state index contributed by atoms with van der Waals surface area (Å²) in [6.45, 7) is 1.68. The van der Waals surface area contributed by atoms with Gasteiger partial charge in [0.2, 0.25) is 11.7 Å². The predicted octanol–water partition coefficient (Wildman–Crippen LogP) is 1.90. The summed E-state index contributed by atoms with van der Waals surface area (Å²) in [6, 6.07) is 8.08. The molecule has 1 aliphatic carbocycles. The predicted molar refractivity (Wildman–Crippen MR) is 79.3 cm³/mol. The Balaban J connectivity index is 1.68. The molecule has 0 spiro atoms. The molecule has 2 aromatic rings. The van der Waals surface area contributed by atoms with Gasteiger partial charge in [0.25, 0.3) is 0 Å². The lowest BCUT2D eigenvalue weighted by Gasteiger charge is -2.14. The van der Waals surface area contributed by atoms with Crippen LogP contribution in [0.1, 0.15) is 29.4 Å². The number of hydrogen-bond donors (Lipinski definition) is 1. The summed E-state index contributed by atoms with van der Waals surface area (Å²) in [5.41, 5.74) is 2.42. The van der Waals surface area contributed by atoms with E-state index in [2.05, 4.69) is 16.4 Å². The van der Waals surface area contributed by atoms with Gasteiger partial charge in [-0.3, -0.25) is 9.36 Å². The summed E-state index contributed by atoms with van der Waals surface area (Å²) < 4.78 is 1.49. The van der Waals surface area contributed by atoms with E-state index in [9.17, 15) is 14.9 Å². The number of fused-ring (bicyclic) bond motifs is 1. The number of hydrogen-bond acceptors (Lipinski definition) is 4. The molecule has 22 heavy (non-hydrogen) atoms. The average Bonchev–Trinajstić information content (AvgIpc) is 3.04. The monoisotopic (exact) mass is 300 g/mol. The van der Waals surface area contributed by atoms with Crippen LogP contribution in [0.25, 0.3) is 0 Å². The lowest BCUT2D eigenvalue weighted by molar-refractivity contribution is -0.389. The van der Waals surface area contributed by atoms with E-state index in [4.69, 9.17) is 0 Å². The number of aryl methyl sites for hydroxylation is 2. The van der Waals surface area contributed by atoms with Gasteiger partial charge in [-0.25, -0.2) is 0 Å². The van der Waals surface area contributed by atoms with Crippen molar-refractivity contribution >= 4 is 11.7 Å². The van der Waals surface area contributed by atoms with Crippen molar-refractivity contribution in [3.63, 3.8) is 0 Å². The summed E-state index contributed by atoms with van der Waals surface area (Å²) in [5.74, 6) is 0.0438. The van der Waals surface area contributed by atoms with Crippen LogP contribution < -0.4 is 5.32 Å². The lowest BCUT2D eigenvalue weighted by atomic mass is 10.1. The molecule has 0 radical (unpaired) electrons. The molecule has 1 amide bonds. The molecule has 1 aromatic carbocycles. The maximum atomic E-state index is 12.2. The molecule has 0 saturated carbocycles. The number of carbonyl (C=O) groups excluding carboxylic acids is 1. The van der Waals surface area contributed by atoms with E-state index < -0.39 is 4.92 Å². The number of aromatic nitrogens is 2. The van der Waals surface area contributed by atoms with Crippen LogP contribution in [0.3, 0.4) is 0 Å².